The highest BCUT2D eigenvalue weighted by molar-refractivity contribution is 6.08. The molecule has 1 amide bonds. The smallest absolute Gasteiger partial charge is 0.223 e. The third kappa shape index (κ3) is 3.42. The molecule has 0 bridgehead atoms. The summed E-state index contributed by atoms with van der Waals surface area (Å²) in [5.74, 6) is 0.234. The summed E-state index contributed by atoms with van der Waals surface area (Å²) in [4.78, 5) is 15.2. The van der Waals surface area contributed by atoms with Crippen LogP contribution in [0, 0.1) is 0 Å². The molecule has 0 N–H and O–H groups in total. The molecule has 1 atom stereocenters. The zero-order valence-electron chi connectivity index (χ0n) is 18.5. The van der Waals surface area contributed by atoms with E-state index in [4.69, 9.17) is 0 Å². The van der Waals surface area contributed by atoms with Gasteiger partial charge in [-0.1, -0.05) is 55.5 Å². The SMILES string of the molecule is CCC(=O)N(Cc1ccc2c(c1)c1ccccc1n2CC)C1CCCc2ccccc21. The summed E-state index contributed by atoms with van der Waals surface area (Å²) >= 11 is 0. The Balaban J connectivity index is 1.56. The molecule has 0 saturated carbocycles. The minimum atomic E-state index is 0.171. The molecule has 4 aromatic rings. The fourth-order valence-corrected chi connectivity index (χ4v) is 5.36. The van der Waals surface area contributed by atoms with Crippen LogP contribution in [0.2, 0.25) is 0 Å². The third-order valence-corrected chi connectivity index (χ3v) is 6.84. The largest absolute Gasteiger partial charge is 0.341 e. The molecule has 0 spiro atoms. The van der Waals surface area contributed by atoms with Gasteiger partial charge in [-0.25, -0.2) is 0 Å². The molecule has 0 fully saturated rings. The molecular weight excluding hydrogens is 380 g/mol. The van der Waals surface area contributed by atoms with Crippen molar-refractivity contribution in [3.8, 4) is 0 Å². The second-order valence-corrected chi connectivity index (χ2v) is 8.59. The van der Waals surface area contributed by atoms with Crippen molar-refractivity contribution >= 4 is 27.7 Å². The monoisotopic (exact) mass is 410 g/mol. The number of para-hydroxylation sites is 1. The lowest BCUT2D eigenvalue weighted by molar-refractivity contribution is -0.134. The zero-order valence-corrected chi connectivity index (χ0v) is 18.5. The summed E-state index contributed by atoms with van der Waals surface area (Å²) in [6.07, 6.45) is 3.83. The summed E-state index contributed by atoms with van der Waals surface area (Å²) in [5, 5.41) is 2.57. The highest BCUT2D eigenvalue weighted by Crippen LogP contribution is 2.36. The number of benzene rings is 3. The Morgan fingerprint density at radius 2 is 1.74 bits per heavy atom. The Kier molecular flexibility index (Phi) is 5.27. The second kappa shape index (κ2) is 8.22. The molecule has 0 radical (unpaired) electrons. The summed E-state index contributed by atoms with van der Waals surface area (Å²) in [6, 6.07) is 24.2. The maximum Gasteiger partial charge on any atom is 0.223 e. The van der Waals surface area contributed by atoms with Gasteiger partial charge in [0.05, 0.1) is 6.04 Å². The van der Waals surface area contributed by atoms with Crippen molar-refractivity contribution in [1.29, 1.82) is 0 Å². The Labute approximate surface area is 184 Å². The fraction of sp³-hybridized carbons (Fsp3) is 0.321. The number of hydrogen-bond acceptors (Lipinski definition) is 1. The van der Waals surface area contributed by atoms with Crippen molar-refractivity contribution in [2.24, 2.45) is 0 Å². The van der Waals surface area contributed by atoms with Crippen molar-refractivity contribution in [1.82, 2.24) is 9.47 Å². The van der Waals surface area contributed by atoms with Crippen molar-refractivity contribution in [2.75, 3.05) is 0 Å². The number of amides is 1. The van der Waals surface area contributed by atoms with E-state index in [1.165, 1.54) is 38.5 Å². The van der Waals surface area contributed by atoms with Gasteiger partial charge < -0.3 is 9.47 Å². The Hall–Kier alpha value is -3.07. The number of aryl methyl sites for hydroxylation is 2. The number of carbonyl (C=O) groups excluding carboxylic acids is 1. The number of carbonyl (C=O) groups is 1. The molecule has 0 aliphatic heterocycles. The Morgan fingerprint density at radius 3 is 2.58 bits per heavy atom. The topological polar surface area (TPSA) is 25.2 Å². The molecule has 3 aromatic carbocycles. The first kappa shape index (κ1) is 19.9. The number of hydrogen-bond donors (Lipinski definition) is 0. The molecule has 3 nitrogen and oxygen atoms in total. The zero-order chi connectivity index (χ0) is 21.4. The highest BCUT2D eigenvalue weighted by atomic mass is 16.2. The lowest BCUT2D eigenvalue weighted by atomic mass is 9.86. The number of aromatic nitrogens is 1. The van der Waals surface area contributed by atoms with E-state index in [1.54, 1.807) is 0 Å². The molecule has 1 heterocycles. The first-order chi connectivity index (χ1) is 15.2. The van der Waals surface area contributed by atoms with Crippen LogP contribution in [0.5, 0.6) is 0 Å². The highest BCUT2D eigenvalue weighted by Gasteiger charge is 2.28. The summed E-state index contributed by atoms with van der Waals surface area (Å²) in [7, 11) is 0. The molecule has 158 valence electrons. The van der Waals surface area contributed by atoms with Gasteiger partial charge in [0.2, 0.25) is 5.91 Å². The van der Waals surface area contributed by atoms with E-state index in [0.717, 1.165) is 25.8 Å². The van der Waals surface area contributed by atoms with E-state index in [2.05, 4.69) is 83.1 Å². The predicted molar refractivity (Wildman–Crippen MR) is 128 cm³/mol. The van der Waals surface area contributed by atoms with Gasteiger partial charge in [0.1, 0.15) is 0 Å². The van der Waals surface area contributed by atoms with Crippen molar-refractivity contribution in [3.05, 3.63) is 83.4 Å². The van der Waals surface area contributed by atoms with Gasteiger partial charge in [0, 0.05) is 41.3 Å². The molecule has 1 aromatic heterocycles. The summed E-state index contributed by atoms with van der Waals surface area (Å²) in [5.41, 5.74) is 6.48. The average molecular weight is 411 g/mol. The first-order valence-electron chi connectivity index (χ1n) is 11.6. The second-order valence-electron chi connectivity index (χ2n) is 8.59. The van der Waals surface area contributed by atoms with E-state index in [0.29, 0.717) is 13.0 Å². The van der Waals surface area contributed by atoms with Crippen LogP contribution in [-0.4, -0.2) is 15.4 Å². The van der Waals surface area contributed by atoms with Crippen LogP contribution in [0.15, 0.2) is 66.7 Å². The van der Waals surface area contributed by atoms with E-state index in [9.17, 15) is 4.79 Å². The van der Waals surface area contributed by atoms with Crippen LogP contribution >= 0.6 is 0 Å². The molecule has 1 aliphatic carbocycles. The molecule has 0 saturated heterocycles. The minimum Gasteiger partial charge on any atom is -0.341 e. The lowest BCUT2D eigenvalue weighted by Gasteiger charge is -2.36. The van der Waals surface area contributed by atoms with Gasteiger partial charge in [-0.3, -0.25) is 4.79 Å². The number of nitrogens with zero attached hydrogens (tertiary/aromatic N) is 2. The molecular formula is C28H30N2O. The fourth-order valence-electron chi connectivity index (χ4n) is 5.36. The van der Waals surface area contributed by atoms with Crippen molar-refractivity contribution in [2.45, 2.75) is 58.7 Å². The van der Waals surface area contributed by atoms with Crippen LogP contribution in [0.4, 0.5) is 0 Å². The summed E-state index contributed by atoms with van der Waals surface area (Å²) in [6.45, 7) is 5.78. The number of fused-ring (bicyclic) bond motifs is 4. The maximum atomic E-state index is 13.1. The van der Waals surface area contributed by atoms with E-state index >= 15 is 0 Å². The van der Waals surface area contributed by atoms with E-state index < -0.39 is 0 Å². The summed E-state index contributed by atoms with van der Waals surface area (Å²) < 4.78 is 2.38. The van der Waals surface area contributed by atoms with Gasteiger partial charge in [0.25, 0.3) is 0 Å². The average Bonchev–Trinajstić information content (AvgIpc) is 3.14. The van der Waals surface area contributed by atoms with Gasteiger partial charge in [-0.05, 0) is 61.1 Å². The Morgan fingerprint density at radius 1 is 0.968 bits per heavy atom. The van der Waals surface area contributed by atoms with Crippen LogP contribution < -0.4 is 0 Å². The minimum absolute atomic E-state index is 0.171. The third-order valence-electron chi connectivity index (χ3n) is 6.84. The van der Waals surface area contributed by atoms with Crippen LogP contribution in [0.3, 0.4) is 0 Å². The van der Waals surface area contributed by atoms with E-state index in [1.807, 2.05) is 6.92 Å². The quantitative estimate of drug-likeness (QED) is 0.362. The van der Waals surface area contributed by atoms with E-state index in [-0.39, 0.29) is 11.9 Å². The van der Waals surface area contributed by atoms with Crippen LogP contribution in [-0.2, 0) is 24.3 Å². The number of rotatable bonds is 5. The van der Waals surface area contributed by atoms with Crippen LogP contribution in [0.25, 0.3) is 21.8 Å². The molecule has 3 heteroatoms. The van der Waals surface area contributed by atoms with Gasteiger partial charge in [0.15, 0.2) is 0 Å². The van der Waals surface area contributed by atoms with Crippen molar-refractivity contribution in [3.63, 3.8) is 0 Å². The molecule has 5 rings (SSSR count). The van der Waals surface area contributed by atoms with Gasteiger partial charge in [-0.15, -0.1) is 0 Å². The van der Waals surface area contributed by atoms with Gasteiger partial charge in [-0.2, -0.15) is 0 Å². The van der Waals surface area contributed by atoms with Gasteiger partial charge >= 0.3 is 0 Å². The normalized spacial score (nSPS) is 15.9. The molecule has 1 aliphatic rings. The molecule has 31 heavy (non-hydrogen) atoms. The predicted octanol–water partition coefficient (Wildman–Crippen LogP) is 6.63. The lowest BCUT2D eigenvalue weighted by Crippen LogP contribution is -2.35. The maximum absolute atomic E-state index is 13.1. The van der Waals surface area contributed by atoms with Crippen LogP contribution in [0.1, 0.15) is 55.8 Å². The standard InChI is InChI=1S/C28H30N2O/c1-3-28(31)30(25-15-9-11-21-10-5-6-12-22(21)25)19-20-16-17-27-24(18-20)23-13-7-8-14-26(23)29(27)4-2/h5-8,10,12-14,16-18,25H,3-4,9,11,15,19H2,1-2H3. The first-order valence-corrected chi connectivity index (χ1v) is 11.6. The Bertz CT molecular complexity index is 1250. The van der Waals surface area contributed by atoms with Crippen molar-refractivity contribution < 1.29 is 4.79 Å². The molecule has 1 unspecified atom stereocenters.